The van der Waals surface area contributed by atoms with Crippen LogP contribution >= 0.6 is 22.9 Å². The first kappa shape index (κ1) is 12.4. The second-order valence-corrected chi connectivity index (χ2v) is 5.90. The van der Waals surface area contributed by atoms with Gasteiger partial charge in [-0.05, 0) is 17.7 Å². The molecule has 0 amide bonds. The maximum absolute atomic E-state index is 11.9. The van der Waals surface area contributed by atoms with Gasteiger partial charge >= 0.3 is 10.8 Å². The highest BCUT2D eigenvalue weighted by molar-refractivity contribution is 7.09. The first-order valence-corrected chi connectivity index (χ1v) is 6.99. The average Bonchev–Trinajstić information content (AvgIpc) is 2.80. The smallest absolute Gasteiger partial charge is 0.307 e. The van der Waals surface area contributed by atoms with Crippen molar-refractivity contribution < 1.29 is 9.90 Å². The van der Waals surface area contributed by atoms with E-state index in [0.717, 1.165) is 21.7 Å². The Bertz CT molecular complexity index is 732. The van der Waals surface area contributed by atoms with Crippen LogP contribution in [0.5, 0.6) is 0 Å². The van der Waals surface area contributed by atoms with Gasteiger partial charge in [0.1, 0.15) is 0 Å². The standard InChI is InChI=1S/C13H10ClNO3S/c14-8-1-2-9-7(5-8)6-10-12(9)15(13(18)19-10)4-3-11(16)17/h1-2,5H,3-4,6H2,(H,16,17). The van der Waals surface area contributed by atoms with Gasteiger partial charge in [0.2, 0.25) is 0 Å². The van der Waals surface area contributed by atoms with E-state index in [-0.39, 0.29) is 17.8 Å². The van der Waals surface area contributed by atoms with Crippen LogP contribution in [0.25, 0.3) is 11.3 Å². The Hall–Kier alpha value is -1.59. The Kier molecular flexibility index (Phi) is 2.95. The van der Waals surface area contributed by atoms with E-state index in [9.17, 15) is 9.59 Å². The topological polar surface area (TPSA) is 59.3 Å². The van der Waals surface area contributed by atoms with E-state index >= 15 is 0 Å². The number of nitrogens with zero attached hydrogens (tertiary/aromatic N) is 1. The number of halogens is 1. The third kappa shape index (κ3) is 2.09. The largest absolute Gasteiger partial charge is 0.481 e. The van der Waals surface area contributed by atoms with E-state index in [4.69, 9.17) is 16.7 Å². The Morgan fingerprint density at radius 3 is 3.00 bits per heavy atom. The van der Waals surface area contributed by atoms with E-state index in [1.54, 1.807) is 10.6 Å². The first-order chi connectivity index (χ1) is 9.06. The summed E-state index contributed by atoms with van der Waals surface area (Å²) in [6.45, 7) is 0.210. The minimum absolute atomic E-state index is 0.0496. The minimum Gasteiger partial charge on any atom is -0.481 e. The molecule has 0 aliphatic heterocycles. The van der Waals surface area contributed by atoms with E-state index in [1.165, 1.54) is 11.3 Å². The van der Waals surface area contributed by atoms with Crippen molar-refractivity contribution in [1.29, 1.82) is 0 Å². The maximum Gasteiger partial charge on any atom is 0.307 e. The van der Waals surface area contributed by atoms with Crippen LogP contribution in [0.15, 0.2) is 23.0 Å². The number of fused-ring (bicyclic) bond motifs is 3. The summed E-state index contributed by atoms with van der Waals surface area (Å²) in [5.41, 5.74) is 2.95. The van der Waals surface area contributed by atoms with Crippen molar-refractivity contribution in [1.82, 2.24) is 4.57 Å². The number of hydrogen-bond acceptors (Lipinski definition) is 3. The molecule has 2 aromatic rings. The molecule has 0 saturated carbocycles. The summed E-state index contributed by atoms with van der Waals surface area (Å²) in [6, 6.07) is 5.59. The average molecular weight is 296 g/mol. The zero-order chi connectivity index (χ0) is 13.6. The number of aliphatic carboxylic acids is 1. The van der Waals surface area contributed by atoms with Crippen molar-refractivity contribution in [2.45, 2.75) is 19.4 Å². The Morgan fingerprint density at radius 2 is 2.26 bits per heavy atom. The molecule has 6 heteroatoms. The Morgan fingerprint density at radius 1 is 1.47 bits per heavy atom. The second-order valence-electron chi connectivity index (χ2n) is 4.41. The summed E-state index contributed by atoms with van der Waals surface area (Å²) in [7, 11) is 0. The van der Waals surface area contributed by atoms with Gasteiger partial charge in [-0.25, -0.2) is 0 Å². The highest BCUT2D eigenvalue weighted by atomic mass is 35.5. The Balaban J connectivity index is 2.09. The van der Waals surface area contributed by atoms with Crippen LogP contribution < -0.4 is 4.87 Å². The van der Waals surface area contributed by atoms with Crippen molar-refractivity contribution in [2.24, 2.45) is 0 Å². The summed E-state index contributed by atoms with van der Waals surface area (Å²) < 4.78 is 1.56. The molecule has 1 aromatic carbocycles. The van der Waals surface area contributed by atoms with Crippen molar-refractivity contribution in [3.05, 3.63) is 43.3 Å². The molecule has 0 saturated heterocycles. The van der Waals surface area contributed by atoms with Crippen molar-refractivity contribution >= 4 is 28.9 Å². The maximum atomic E-state index is 11.9. The zero-order valence-corrected chi connectivity index (χ0v) is 11.4. The van der Waals surface area contributed by atoms with Gasteiger partial charge in [0.25, 0.3) is 0 Å². The quantitative estimate of drug-likeness (QED) is 0.808. The van der Waals surface area contributed by atoms with Crippen molar-refractivity contribution in [3.63, 3.8) is 0 Å². The molecule has 4 nitrogen and oxygen atoms in total. The number of carbonyl (C=O) groups is 1. The summed E-state index contributed by atoms with van der Waals surface area (Å²) in [6.07, 6.45) is 0.650. The molecule has 0 spiro atoms. The molecule has 98 valence electrons. The van der Waals surface area contributed by atoms with Gasteiger partial charge < -0.3 is 5.11 Å². The second kappa shape index (κ2) is 4.51. The number of hydrogen-bond donors (Lipinski definition) is 1. The Labute approximate surface area is 117 Å². The molecule has 1 heterocycles. The van der Waals surface area contributed by atoms with Crippen LogP contribution in [0.1, 0.15) is 16.9 Å². The van der Waals surface area contributed by atoms with Crippen LogP contribution in [-0.4, -0.2) is 15.6 Å². The molecule has 0 fully saturated rings. The lowest BCUT2D eigenvalue weighted by molar-refractivity contribution is -0.137. The fourth-order valence-corrected chi connectivity index (χ4v) is 3.63. The minimum atomic E-state index is -0.902. The van der Waals surface area contributed by atoms with E-state index in [1.807, 2.05) is 12.1 Å². The predicted molar refractivity (Wildman–Crippen MR) is 74.1 cm³/mol. The molecule has 1 N–H and O–H groups in total. The number of carboxylic acid groups (broad SMARTS) is 1. The van der Waals surface area contributed by atoms with Gasteiger partial charge in [-0.2, -0.15) is 0 Å². The molecule has 0 unspecified atom stereocenters. The normalized spacial score (nSPS) is 12.3. The number of benzene rings is 1. The van der Waals surface area contributed by atoms with E-state index < -0.39 is 5.97 Å². The predicted octanol–water partition coefficient (Wildman–Crippen LogP) is 2.61. The molecule has 19 heavy (non-hydrogen) atoms. The molecule has 3 rings (SSSR count). The highest BCUT2D eigenvalue weighted by Crippen LogP contribution is 2.39. The highest BCUT2D eigenvalue weighted by Gasteiger charge is 2.25. The molecule has 1 aliphatic rings. The third-order valence-corrected chi connectivity index (χ3v) is 4.40. The fraction of sp³-hybridized carbons (Fsp3) is 0.231. The van der Waals surface area contributed by atoms with Gasteiger partial charge in [-0.1, -0.05) is 29.0 Å². The lowest BCUT2D eigenvalue weighted by atomic mass is 10.1. The van der Waals surface area contributed by atoms with Crippen LogP contribution in [0.2, 0.25) is 5.02 Å². The third-order valence-electron chi connectivity index (χ3n) is 3.19. The molecular weight excluding hydrogens is 286 g/mol. The first-order valence-electron chi connectivity index (χ1n) is 5.79. The summed E-state index contributed by atoms with van der Waals surface area (Å²) >= 11 is 7.15. The number of carboxylic acids is 1. The molecule has 0 atom stereocenters. The fourth-order valence-electron chi connectivity index (χ4n) is 2.39. The van der Waals surface area contributed by atoms with Gasteiger partial charge in [-0.15, -0.1) is 0 Å². The monoisotopic (exact) mass is 295 g/mol. The van der Waals surface area contributed by atoms with Crippen LogP contribution in [0.3, 0.4) is 0 Å². The van der Waals surface area contributed by atoms with E-state index in [0.29, 0.717) is 11.4 Å². The number of rotatable bonds is 3. The number of thiazole rings is 1. The molecule has 1 aromatic heterocycles. The summed E-state index contributed by atoms with van der Waals surface area (Å²) in [4.78, 5) is 23.5. The lowest BCUT2D eigenvalue weighted by Crippen LogP contribution is -2.16. The van der Waals surface area contributed by atoms with Crippen LogP contribution in [0, 0.1) is 0 Å². The SMILES string of the molecule is O=C(O)CCn1c2c(sc1=O)Cc1cc(Cl)ccc1-2. The van der Waals surface area contributed by atoms with Crippen molar-refractivity contribution in [2.75, 3.05) is 0 Å². The van der Waals surface area contributed by atoms with Gasteiger partial charge in [0, 0.05) is 28.4 Å². The molecular formula is C13H10ClNO3S. The molecule has 1 aliphatic carbocycles. The van der Waals surface area contributed by atoms with Gasteiger partial charge in [0.05, 0.1) is 12.1 Å². The zero-order valence-electron chi connectivity index (χ0n) is 9.85. The van der Waals surface area contributed by atoms with E-state index in [2.05, 4.69) is 0 Å². The molecule has 0 bridgehead atoms. The summed E-state index contributed by atoms with van der Waals surface area (Å²) in [5, 5.41) is 9.43. The number of aromatic nitrogens is 1. The lowest BCUT2D eigenvalue weighted by Gasteiger charge is -2.06. The van der Waals surface area contributed by atoms with Gasteiger partial charge in [-0.3, -0.25) is 14.2 Å². The summed E-state index contributed by atoms with van der Waals surface area (Å²) in [5.74, 6) is -0.902. The van der Waals surface area contributed by atoms with Crippen LogP contribution in [0.4, 0.5) is 0 Å². The van der Waals surface area contributed by atoms with Crippen LogP contribution in [-0.2, 0) is 17.8 Å². The van der Waals surface area contributed by atoms with Gasteiger partial charge in [0.15, 0.2) is 0 Å². The van der Waals surface area contributed by atoms with Crippen molar-refractivity contribution in [3.8, 4) is 11.3 Å². The molecule has 0 radical (unpaired) electrons.